The van der Waals surface area contributed by atoms with Crippen molar-refractivity contribution in [2.24, 2.45) is 0 Å². The third-order valence-corrected chi connectivity index (χ3v) is 0.0962. The van der Waals surface area contributed by atoms with Crippen LogP contribution >= 0.6 is 0 Å². The van der Waals surface area contributed by atoms with Crippen LogP contribution in [0.4, 0.5) is 0 Å². The van der Waals surface area contributed by atoms with Gasteiger partial charge in [-0.25, -0.2) is 0 Å². The Bertz CT molecular complexity index is 20.0. The van der Waals surface area contributed by atoms with Crippen molar-refractivity contribution in [1.29, 1.82) is 0 Å². The Morgan fingerprint density at radius 3 is 2.25 bits per heavy atom. The van der Waals surface area contributed by atoms with Gasteiger partial charge in [0.25, 0.3) is 0 Å². The molecule has 0 fully saturated rings. The lowest BCUT2D eigenvalue weighted by Gasteiger charge is -1.82. The molecule has 0 amide bonds. The SMILES string of the molecule is C=C[NH2+][O-]. The first kappa shape index (κ1) is 3.66. The fourth-order valence-corrected chi connectivity index (χ4v) is 0. The molecule has 0 atom stereocenters. The van der Waals surface area contributed by atoms with Crippen LogP contribution in [0.3, 0.4) is 0 Å². The second kappa shape index (κ2) is 2.66. The summed E-state index contributed by atoms with van der Waals surface area (Å²) in [7, 11) is 0. The van der Waals surface area contributed by atoms with E-state index in [4.69, 9.17) is 5.21 Å². The van der Waals surface area contributed by atoms with E-state index < -0.39 is 0 Å². The Morgan fingerprint density at radius 2 is 2.25 bits per heavy atom. The van der Waals surface area contributed by atoms with Gasteiger partial charge in [0.2, 0.25) is 0 Å². The van der Waals surface area contributed by atoms with Crippen LogP contribution in [0.25, 0.3) is 0 Å². The van der Waals surface area contributed by atoms with Gasteiger partial charge in [-0.1, -0.05) is 0 Å². The quantitative estimate of drug-likeness (QED) is 0.394. The highest BCUT2D eigenvalue weighted by Gasteiger charge is 1.32. The summed E-state index contributed by atoms with van der Waals surface area (Å²) < 4.78 is 0. The molecule has 0 aromatic rings. The summed E-state index contributed by atoms with van der Waals surface area (Å²) in [6, 6.07) is 0. The van der Waals surface area contributed by atoms with Crippen LogP contribution in [0.1, 0.15) is 0 Å². The van der Waals surface area contributed by atoms with E-state index in [9.17, 15) is 0 Å². The van der Waals surface area contributed by atoms with E-state index in [0.717, 1.165) is 0 Å². The van der Waals surface area contributed by atoms with Gasteiger partial charge in [-0.15, -0.1) is 0 Å². The average molecular weight is 59.1 g/mol. The largest absolute Gasteiger partial charge is 0.631 e. The van der Waals surface area contributed by atoms with Crippen molar-refractivity contribution >= 4 is 0 Å². The van der Waals surface area contributed by atoms with Crippen LogP contribution in [0, 0.1) is 5.21 Å². The molecule has 0 unspecified atom stereocenters. The maximum Gasteiger partial charge on any atom is 0.0852 e. The molecular formula is C2H5NO. The minimum atomic E-state index is 0.639. The second-order valence-electron chi connectivity index (χ2n) is 0.372. The smallest absolute Gasteiger partial charge is 0.0852 e. The van der Waals surface area contributed by atoms with Crippen LogP contribution < -0.4 is 5.48 Å². The van der Waals surface area contributed by atoms with Crippen molar-refractivity contribution in [1.82, 2.24) is 0 Å². The van der Waals surface area contributed by atoms with Crippen molar-refractivity contribution in [3.05, 3.63) is 18.0 Å². The van der Waals surface area contributed by atoms with Gasteiger partial charge in [-0.2, -0.15) is 0 Å². The molecule has 24 valence electrons. The first-order valence-electron chi connectivity index (χ1n) is 0.977. The van der Waals surface area contributed by atoms with Crippen LogP contribution in [-0.2, 0) is 0 Å². The van der Waals surface area contributed by atoms with E-state index >= 15 is 0 Å². The predicted molar refractivity (Wildman–Crippen MR) is 15.5 cm³/mol. The summed E-state index contributed by atoms with van der Waals surface area (Å²) >= 11 is 0. The van der Waals surface area contributed by atoms with Crippen LogP contribution in [0.5, 0.6) is 0 Å². The molecule has 4 heavy (non-hydrogen) atoms. The van der Waals surface area contributed by atoms with E-state index in [1.165, 1.54) is 6.20 Å². The number of hydrogen-bond donors (Lipinski definition) is 1. The van der Waals surface area contributed by atoms with E-state index in [0.29, 0.717) is 5.48 Å². The highest BCUT2D eigenvalue weighted by Crippen LogP contribution is 1.13. The molecule has 0 rings (SSSR count). The highest BCUT2D eigenvalue weighted by atomic mass is 16.5. The van der Waals surface area contributed by atoms with Crippen LogP contribution in [0.2, 0.25) is 0 Å². The predicted octanol–water partition coefficient (Wildman–Crippen LogP) is -0.809. The molecule has 0 radical (unpaired) electrons. The van der Waals surface area contributed by atoms with Crippen molar-refractivity contribution in [3.8, 4) is 0 Å². The fourth-order valence-electron chi connectivity index (χ4n) is 0. The molecule has 0 aliphatic carbocycles. The van der Waals surface area contributed by atoms with Gasteiger partial charge in [0.15, 0.2) is 0 Å². The summed E-state index contributed by atoms with van der Waals surface area (Å²) in [5, 5.41) is 9.06. The molecule has 2 N–H and O–H groups in total. The maximum absolute atomic E-state index is 9.06. The van der Waals surface area contributed by atoms with E-state index in [1.54, 1.807) is 0 Å². The van der Waals surface area contributed by atoms with Gasteiger partial charge in [0.05, 0.1) is 6.20 Å². The van der Waals surface area contributed by atoms with Gasteiger partial charge in [0, 0.05) is 0 Å². The highest BCUT2D eigenvalue weighted by molar-refractivity contribution is 4.38. The molecule has 0 bridgehead atoms. The molecule has 0 spiro atoms. The molecule has 0 aliphatic heterocycles. The van der Waals surface area contributed by atoms with E-state index in [-0.39, 0.29) is 0 Å². The summed E-state index contributed by atoms with van der Waals surface area (Å²) in [4.78, 5) is 0. The number of hydroxylamine groups is 1. The Balaban J connectivity index is 2.30. The standard InChI is InChI=1S/C2H5NO/c1-2-3-4/h2H,1,3H2. The van der Waals surface area contributed by atoms with Gasteiger partial charge >= 0.3 is 0 Å². The summed E-state index contributed by atoms with van der Waals surface area (Å²) in [6.07, 6.45) is 1.19. The Hall–Kier alpha value is -0.340. The van der Waals surface area contributed by atoms with E-state index in [2.05, 4.69) is 6.58 Å². The van der Waals surface area contributed by atoms with Gasteiger partial charge < -0.3 is 10.7 Å². The van der Waals surface area contributed by atoms with Crippen LogP contribution in [-0.4, -0.2) is 0 Å². The van der Waals surface area contributed by atoms with E-state index in [1.807, 2.05) is 0 Å². The molecule has 0 aromatic heterocycles. The molecular weight excluding hydrogens is 54.0 g/mol. The monoisotopic (exact) mass is 59.0 g/mol. The summed E-state index contributed by atoms with van der Waals surface area (Å²) in [6.45, 7) is 3.11. The lowest BCUT2D eigenvalue weighted by Crippen LogP contribution is -2.69. The number of quaternary nitrogens is 1. The van der Waals surface area contributed by atoms with Gasteiger partial charge in [-0.3, -0.25) is 0 Å². The zero-order valence-electron chi connectivity index (χ0n) is 2.27. The molecule has 0 heterocycles. The first-order valence-corrected chi connectivity index (χ1v) is 0.977. The molecule has 0 aromatic carbocycles. The molecule has 2 nitrogen and oxygen atoms in total. The molecule has 0 saturated carbocycles. The van der Waals surface area contributed by atoms with Crippen molar-refractivity contribution in [2.45, 2.75) is 0 Å². The summed E-state index contributed by atoms with van der Waals surface area (Å²) in [5.41, 5.74) is 0.639. The lowest BCUT2D eigenvalue weighted by atomic mass is 11.1. The third kappa shape index (κ3) is 1.66. The number of rotatable bonds is 1. The minimum absolute atomic E-state index is 0.639. The number of nitrogens with two attached hydrogens (primary N) is 1. The minimum Gasteiger partial charge on any atom is -0.631 e. The number of hydrogen-bond acceptors (Lipinski definition) is 1. The first-order chi connectivity index (χ1) is 1.91. The third-order valence-electron chi connectivity index (χ3n) is 0.0962. The normalized spacial score (nSPS) is 6.25. The molecule has 0 aliphatic rings. The van der Waals surface area contributed by atoms with Gasteiger partial charge in [0.1, 0.15) is 0 Å². The van der Waals surface area contributed by atoms with Crippen molar-refractivity contribution < 1.29 is 5.48 Å². The lowest BCUT2D eigenvalue weighted by molar-refractivity contribution is -0.514. The zero-order chi connectivity index (χ0) is 3.41. The molecule has 2 heteroatoms. The second-order valence-corrected chi connectivity index (χ2v) is 0.372. The van der Waals surface area contributed by atoms with Crippen LogP contribution in [0.15, 0.2) is 12.8 Å². The Kier molecular flexibility index (Phi) is 2.43. The Labute approximate surface area is 24.7 Å². The molecule has 0 saturated heterocycles. The summed E-state index contributed by atoms with van der Waals surface area (Å²) in [5.74, 6) is 0. The Morgan fingerprint density at radius 1 is 2.00 bits per heavy atom. The van der Waals surface area contributed by atoms with Crippen molar-refractivity contribution in [3.63, 3.8) is 0 Å². The average Bonchev–Trinajstić information content (AvgIpc) is 1.37. The van der Waals surface area contributed by atoms with Crippen molar-refractivity contribution in [2.75, 3.05) is 0 Å². The zero-order valence-corrected chi connectivity index (χ0v) is 2.27. The fraction of sp³-hybridized carbons (Fsp3) is 0. The van der Waals surface area contributed by atoms with Gasteiger partial charge in [-0.05, 0) is 6.58 Å². The maximum atomic E-state index is 9.06. The topological polar surface area (TPSA) is 39.7 Å².